The Bertz CT molecular complexity index is 458. The number of nitrogens with zero attached hydrogens (tertiary/aromatic N) is 1. The molecule has 1 rings (SSSR count). The third-order valence-electron chi connectivity index (χ3n) is 2.56. The number of aryl methyl sites for hydroxylation is 2. The minimum atomic E-state index is -0.972. The summed E-state index contributed by atoms with van der Waals surface area (Å²) in [6.45, 7) is 8.86. The van der Waals surface area contributed by atoms with E-state index in [9.17, 15) is 9.90 Å². The molecule has 0 spiro atoms. The first kappa shape index (κ1) is 15.2. The van der Waals surface area contributed by atoms with Crippen molar-refractivity contribution in [3.05, 3.63) is 35.5 Å². The van der Waals surface area contributed by atoms with Crippen molar-refractivity contribution >= 4 is 11.8 Å². The fourth-order valence-electron chi connectivity index (χ4n) is 1.74. The summed E-state index contributed by atoms with van der Waals surface area (Å²) in [5.74, 6) is -0.572. The molecule has 0 aromatic carbocycles. The molecular weight excluding hydrogens is 244 g/mol. The Morgan fingerprint density at radius 1 is 1.53 bits per heavy atom. The summed E-state index contributed by atoms with van der Waals surface area (Å²) in [4.78, 5) is 15.4. The highest BCUT2D eigenvalue weighted by atomic mass is 16.5. The Labute approximate surface area is 113 Å². The first-order valence-corrected chi connectivity index (χ1v) is 6.20. The van der Waals surface area contributed by atoms with Crippen LogP contribution in [0.15, 0.2) is 18.7 Å². The third kappa shape index (κ3) is 4.71. The Hall–Kier alpha value is -1.88. The number of carbonyl (C=O) groups is 1. The Morgan fingerprint density at radius 2 is 2.26 bits per heavy atom. The van der Waals surface area contributed by atoms with Crippen LogP contribution < -0.4 is 5.32 Å². The molecule has 1 aromatic heterocycles. The lowest BCUT2D eigenvalue weighted by Gasteiger charge is -2.12. The molecule has 0 saturated carbocycles. The van der Waals surface area contributed by atoms with E-state index in [1.54, 1.807) is 19.1 Å². The van der Waals surface area contributed by atoms with Gasteiger partial charge in [0.2, 0.25) is 0 Å². The lowest BCUT2D eigenvalue weighted by Crippen LogP contribution is -2.15. The molecule has 0 saturated heterocycles. The van der Waals surface area contributed by atoms with E-state index in [4.69, 9.17) is 4.74 Å². The smallest absolute Gasteiger partial charge is 0.339 e. The predicted molar refractivity (Wildman–Crippen MR) is 74.8 cm³/mol. The van der Waals surface area contributed by atoms with Gasteiger partial charge < -0.3 is 15.2 Å². The third-order valence-corrected chi connectivity index (χ3v) is 2.56. The summed E-state index contributed by atoms with van der Waals surface area (Å²) < 4.78 is 5.35. The Morgan fingerprint density at radius 3 is 2.89 bits per heavy atom. The largest absolute Gasteiger partial charge is 0.478 e. The lowest BCUT2D eigenvalue weighted by molar-refractivity contribution is 0.0696. The van der Waals surface area contributed by atoms with Crippen LogP contribution in [0.5, 0.6) is 0 Å². The molecule has 2 N–H and O–H groups in total. The molecule has 0 fully saturated rings. The van der Waals surface area contributed by atoms with Crippen LogP contribution in [0.25, 0.3) is 0 Å². The fraction of sp³-hybridized carbons (Fsp3) is 0.429. The zero-order valence-corrected chi connectivity index (χ0v) is 11.4. The average molecular weight is 264 g/mol. The van der Waals surface area contributed by atoms with E-state index in [1.165, 1.54) is 0 Å². The van der Waals surface area contributed by atoms with Crippen molar-refractivity contribution in [1.82, 2.24) is 4.98 Å². The molecule has 0 amide bonds. The molecule has 0 unspecified atom stereocenters. The number of aromatic carboxylic acids is 1. The van der Waals surface area contributed by atoms with Gasteiger partial charge in [-0.15, -0.1) is 6.58 Å². The van der Waals surface area contributed by atoms with Crippen molar-refractivity contribution in [2.45, 2.75) is 20.3 Å². The lowest BCUT2D eigenvalue weighted by atomic mass is 10.1. The monoisotopic (exact) mass is 264 g/mol. The molecule has 0 aliphatic carbocycles. The number of carboxylic acid groups (broad SMARTS) is 1. The first-order valence-electron chi connectivity index (χ1n) is 6.20. The SMILES string of the molecule is C=CCCOCCNc1nc(C)cc(C)c1C(=O)O. The van der Waals surface area contributed by atoms with E-state index in [0.717, 1.165) is 12.1 Å². The molecule has 0 atom stereocenters. The van der Waals surface area contributed by atoms with Gasteiger partial charge in [0.1, 0.15) is 11.4 Å². The summed E-state index contributed by atoms with van der Waals surface area (Å²) in [5, 5.41) is 12.2. The zero-order chi connectivity index (χ0) is 14.3. The molecule has 104 valence electrons. The van der Waals surface area contributed by atoms with Crippen LogP contribution in [0.2, 0.25) is 0 Å². The number of pyridine rings is 1. The summed E-state index contributed by atoms with van der Waals surface area (Å²) in [6.07, 6.45) is 2.60. The van der Waals surface area contributed by atoms with E-state index in [1.807, 2.05) is 6.92 Å². The van der Waals surface area contributed by atoms with Crippen LogP contribution in [0.1, 0.15) is 28.0 Å². The molecule has 1 aromatic rings. The van der Waals surface area contributed by atoms with Crippen LogP contribution in [0.4, 0.5) is 5.82 Å². The number of carboxylic acids is 1. The summed E-state index contributed by atoms with van der Waals surface area (Å²) in [7, 11) is 0. The number of hydrogen-bond acceptors (Lipinski definition) is 4. The second kappa shape index (κ2) is 7.53. The average Bonchev–Trinajstić information content (AvgIpc) is 2.32. The van der Waals surface area contributed by atoms with Crippen LogP contribution in [-0.4, -0.2) is 35.8 Å². The maximum Gasteiger partial charge on any atom is 0.339 e. The van der Waals surface area contributed by atoms with Crippen LogP contribution in [0, 0.1) is 13.8 Å². The van der Waals surface area contributed by atoms with Gasteiger partial charge in [0.05, 0.1) is 13.2 Å². The molecular formula is C14H20N2O3. The van der Waals surface area contributed by atoms with Crippen molar-refractivity contribution in [2.24, 2.45) is 0 Å². The van der Waals surface area contributed by atoms with Gasteiger partial charge in [-0.05, 0) is 31.9 Å². The molecule has 0 aliphatic heterocycles. The van der Waals surface area contributed by atoms with Crippen molar-refractivity contribution in [3.8, 4) is 0 Å². The second-order valence-corrected chi connectivity index (χ2v) is 4.23. The van der Waals surface area contributed by atoms with Gasteiger partial charge in [-0.1, -0.05) is 6.08 Å². The van der Waals surface area contributed by atoms with E-state index >= 15 is 0 Å². The van der Waals surface area contributed by atoms with Crippen molar-refractivity contribution in [3.63, 3.8) is 0 Å². The summed E-state index contributed by atoms with van der Waals surface area (Å²) in [6, 6.07) is 1.76. The number of hydrogen-bond donors (Lipinski definition) is 2. The first-order chi connectivity index (χ1) is 9.06. The highest BCUT2D eigenvalue weighted by Crippen LogP contribution is 2.18. The highest BCUT2D eigenvalue weighted by molar-refractivity contribution is 5.94. The molecule has 0 bridgehead atoms. The Kier molecular flexibility index (Phi) is 6.02. The van der Waals surface area contributed by atoms with Crippen LogP contribution in [-0.2, 0) is 4.74 Å². The van der Waals surface area contributed by atoms with E-state index in [-0.39, 0.29) is 5.56 Å². The van der Waals surface area contributed by atoms with Crippen molar-refractivity contribution in [2.75, 3.05) is 25.1 Å². The topological polar surface area (TPSA) is 71.5 Å². The second-order valence-electron chi connectivity index (χ2n) is 4.23. The van der Waals surface area contributed by atoms with Crippen molar-refractivity contribution in [1.29, 1.82) is 0 Å². The number of nitrogens with one attached hydrogen (secondary N) is 1. The van der Waals surface area contributed by atoms with Gasteiger partial charge in [-0.2, -0.15) is 0 Å². The number of anilines is 1. The maximum absolute atomic E-state index is 11.2. The molecule has 5 nitrogen and oxygen atoms in total. The maximum atomic E-state index is 11.2. The van der Waals surface area contributed by atoms with Gasteiger partial charge in [0.15, 0.2) is 0 Å². The highest BCUT2D eigenvalue weighted by Gasteiger charge is 2.15. The van der Waals surface area contributed by atoms with E-state index in [2.05, 4.69) is 16.9 Å². The van der Waals surface area contributed by atoms with Crippen LogP contribution >= 0.6 is 0 Å². The van der Waals surface area contributed by atoms with Crippen molar-refractivity contribution < 1.29 is 14.6 Å². The van der Waals surface area contributed by atoms with Gasteiger partial charge in [0, 0.05) is 12.2 Å². The molecule has 0 radical (unpaired) electrons. The standard InChI is InChI=1S/C14H20N2O3/c1-4-5-7-19-8-6-15-13-12(14(17)18)10(2)9-11(3)16-13/h4,9H,1,5-8H2,2-3H3,(H,15,16)(H,17,18). The Balaban J connectivity index is 2.62. The van der Waals surface area contributed by atoms with Gasteiger partial charge >= 0.3 is 5.97 Å². The zero-order valence-electron chi connectivity index (χ0n) is 11.4. The van der Waals surface area contributed by atoms with Crippen LogP contribution in [0.3, 0.4) is 0 Å². The normalized spacial score (nSPS) is 10.2. The number of ether oxygens (including phenoxy) is 1. The summed E-state index contributed by atoms with van der Waals surface area (Å²) >= 11 is 0. The minimum absolute atomic E-state index is 0.219. The van der Waals surface area contributed by atoms with Gasteiger partial charge in [-0.3, -0.25) is 0 Å². The number of aromatic nitrogens is 1. The molecule has 0 aliphatic rings. The van der Waals surface area contributed by atoms with E-state index < -0.39 is 5.97 Å². The predicted octanol–water partition coefficient (Wildman–Crippen LogP) is 2.40. The van der Waals surface area contributed by atoms with Gasteiger partial charge in [-0.25, -0.2) is 9.78 Å². The summed E-state index contributed by atoms with van der Waals surface area (Å²) in [5.41, 5.74) is 1.71. The molecule has 19 heavy (non-hydrogen) atoms. The quantitative estimate of drug-likeness (QED) is 0.557. The minimum Gasteiger partial charge on any atom is -0.478 e. The fourth-order valence-corrected chi connectivity index (χ4v) is 1.74. The molecule has 1 heterocycles. The number of rotatable bonds is 8. The van der Waals surface area contributed by atoms with E-state index in [0.29, 0.717) is 31.1 Å². The molecule has 5 heteroatoms. The van der Waals surface area contributed by atoms with Gasteiger partial charge in [0.25, 0.3) is 0 Å².